The highest BCUT2D eigenvalue weighted by Gasteiger charge is 2.12. The molecule has 1 atom stereocenters. The van der Waals surface area contributed by atoms with Gasteiger partial charge >= 0.3 is 0 Å². The van der Waals surface area contributed by atoms with Crippen molar-refractivity contribution in [1.29, 1.82) is 5.26 Å². The first-order chi connectivity index (χ1) is 9.86. The summed E-state index contributed by atoms with van der Waals surface area (Å²) in [6.45, 7) is 4.24. The summed E-state index contributed by atoms with van der Waals surface area (Å²) < 4.78 is 5.30. The lowest BCUT2D eigenvalue weighted by Crippen LogP contribution is -2.22. The van der Waals surface area contributed by atoms with Gasteiger partial charge in [0.25, 0.3) is 0 Å². The van der Waals surface area contributed by atoms with E-state index in [1.165, 1.54) is 5.39 Å². The van der Waals surface area contributed by atoms with Gasteiger partial charge in [-0.3, -0.25) is 5.32 Å². The smallest absolute Gasteiger partial charge is 0.121 e. The number of ether oxygens (including phenoxy) is 1. The maximum atomic E-state index is 9.40. The summed E-state index contributed by atoms with van der Waals surface area (Å²) in [7, 11) is 0. The lowest BCUT2D eigenvalue weighted by atomic mass is 9.99. The quantitative estimate of drug-likeness (QED) is 0.783. The molecule has 0 amide bonds. The summed E-state index contributed by atoms with van der Waals surface area (Å²) in [4.78, 5) is 0. The number of hydrogen-bond acceptors (Lipinski definition) is 3. The topological polar surface area (TPSA) is 45.0 Å². The van der Waals surface area contributed by atoms with Gasteiger partial charge in [0.15, 0.2) is 0 Å². The summed E-state index contributed by atoms with van der Waals surface area (Å²) >= 11 is 0. The molecule has 104 valence electrons. The first-order valence-electron chi connectivity index (χ1n) is 7.05. The molecule has 2 aromatic carbocycles. The van der Waals surface area contributed by atoms with Gasteiger partial charge in [0.1, 0.15) is 6.04 Å². The maximum absolute atomic E-state index is 9.40. The average molecular weight is 268 g/mol. The van der Waals surface area contributed by atoms with Crippen LogP contribution in [0.1, 0.15) is 24.9 Å². The molecule has 1 N–H and O–H groups in total. The SMILES string of the molecule is CCOCCCNC(C#N)c1cccc2ccccc12. The lowest BCUT2D eigenvalue weighted by Gasteiger charge is -2.14. The first-order valence-corrected chi connectivity index (χ1v) is 7.05. The van der Waals surface area contributed by atoms with Crippen LogP contribution in [0.25, 0.3) is 10.8 Å². The fourth-order valence-corrected chi connectivity index (χ4v) is 2.29. The second-order valence-electron chi connectivity index (χ2n) is 4.64. The van der Waals surface area contributed by atoms with Gasteiger partial charge in [-0.2, -0.15) is 5.26 Å². The van der Waals surface area contributed by atoms with E-state index < -0.39 is 0 Å². The van der Waals surface area contributed by atoms with Crippen LogP contribution in [0.3, 0.4) is 0 Å². The Hall–Kier alpha value is -1.89. The van der Waals surface area contributed by atoms with E-state index in [4.69, 9.17) is 4.74 Å². The first kappa shape index (κ1) is 14.5. The zero-order chi connectivity index (χ0) is 14.2. The van der Waals surface area contributed by atoms with E-state index in [0.29, 0.717) is 0 Å². The van der Waals surface area contributed by atoms with Gasteiger partial charge in [0.05, 0.1) is 6.07 Å². The Morgan fingerprint density at radius 1 is 1.20 bits per heavy atom. The van der Waals surface area contributed by atoms with Crippen LogP contribution >= 0.6 is 0 Å². The molecular formula is C17H20N2O. The van der Waals surface area contributed by atoms with Crippen molar-refractivity contribution in [1.82, 2.24) is 5.32 Å². The van der Waals surface area contributed by atoms with Gasteiger partial charge < -0.3 is 4.74 Å². The van der Waals surface area contributed by atoms with Crippen LogP contribution in [0.2, 0.25) is 0 Å². The fourth-order valence-electron chi connectivity index (χ4n) is 2.29. The number of hydrogen-bond donors (Lipinski definition) is 1. The molecule has 1 unspecified atom stereocenters. The maximum Gasteiger partial charge on any atom is 0.121 e. The van der Waals surface area contributed by atoms with Crippen LogP contribution in [0.4, 0.5) is 0 Å². The molecule has 0 fully saturated rings. The largest absolute Gasteiger partial charge is 0.382 e. The molecule has 0 aliphatic heterocycles. The molecule has 0 heterocycles. The van der Waals surface area contributed by atoms with Gasteiger partial charge in [-0.05, 0) is 36.2 Å². The normalized spacial score (nSPS) is 12.2. The number of nitrogens with zero attached hydrogens (tertiary/aromatic N) is 1. The summed E-state index contributed by atoms with van der Waals surface area (Å²) in [5, 5.41) is 15.0. The van der Waals surface area contributed by atoms with Crippen LogP contribution < -0.4 is 5.32 Å². The molecule has 0 radical (unpaired) electrons. The van der Waals surface area contributed by atoms with Gasteiger partial charge in [-0.25, -0.2) is 0 Å². The highest BCUT2D eigenvalue weighted by Crippen LogP contribution is 2.23. The van der Waals surface area contributed by atoms with Gasteiger partial charge in [0.2, 0.25) is 0 Å². The standard InChI is InChI=1S/C17H20N2O/c1-2-20-12-6-11-19-17(13-18)16-10-5-8-14-7-3-4-9-15(14)16/h3-5,7-10,17,19H,2,6,11-12H2,1H3. The molecule has 0 bridgehead atoms. The summed E-state index contributed by atoms with van der Waals surface area (Å²) in [6.07, 6.45) is 0.913. The van der Waals surface area contributed by atoms with E-state index >= 15 is 0 Å². The Labute approximate surface area is 120 Å². The van der Waals surface area contributed by atoms with Crippen molar-refractivity contribution in [2.45, 2.75) is 19.4 Å². The van der Waals surface area contributed by atoms with E-state index in [1.807, 2.05) is 31.2 Å². The second-order valence-corrected chi connectivity index (χ2v) is 4.64. The minimum Gasteiger partial charge on any atom is -0.382 e. The second kappa shape index (κ2) is 7.64. The van der Waals surface area contributed by atoms with Crippen LogP contribution in [-0.4, -0.2) is 19.8 Å². The third-order valence-corrected chi connectivity index (χ3v) is 3.28. The third kappa shape index (κ3) is 3.57. The minimum atomic E-state index is -0.275. The van der Waals surface area contributed by atoms with E-state index in [1.54, 1.807) is 0 Å². The number of benzene rings is 2. The molecule has 20 heavy (non-hydrogen) atoms. The number of nitrogens with one attached hydrogen (secondary N) is 1. The average Bonchev–Trinajstić information content (AvgIpc) is 2.51. The van der Waals surface area contributed by atoms with Gasteiger partial charge in [-0.1, -0.05) is 42.5 Å². The van der Waals surface area contributed by atoms with Gasteiger partial charge in [0, 0.05) is 13.2 Å². The van der Waals surface area contributed by atoms with Crippen molar-refractivity contribution in [3.63, 3.8) is 0 Å². The molecule has 3 nitrogen and oxygen atoms in total. The number of fused-ring (bicyclic) bond motifs is 1. The van der Waals surface area contributed by atoms with Crippen LogP contribution in [-0.2, 0) is 4.74 Å². The molecule has 3 heteroatoms. The fraction of sp³-hybridized carbons (Fsp3) is 0.353. The summed E-state index contributed by atoms with van der Waals surface area (Å²) in [5.41, 5.74) is 1.04. The molecule has 0 aliphatic carbocycles. The van der Waals surface area contributed by atoms with Crippen LogP contribution in [0.15, 0.2) is 42.5 Å². The van der Waals surface area contributed by atoms with Crippen molar-refractivity contribution in [3.8, 4) is 6.07 Å². The van der Waals surface area contributed by atoms with E-state index in [9.17, 15) is 5.26 Å². The Morgan fingerprint density at radius 3 is 2.80 bits per heavy atom. The predicted octanol–water partition coefficient (Wildman–Crippen LogP) is 3.42. The molecule has 0 aliphatic rings. The van der Waals surface area contributed by atoms with Crippen molar-refractivity contribution >= 4 is 10.8 Å². The number of rotatable bonds is 7. The highest BCUT2D eigenvalue weighted by molar-refractivity contribution is 5.86. The van der Waals surface area contributed by atoms with Crippen molar-refractivity contribution in [3.05, 3.63) is 48.0 Å². The lowest BCUT2D eigenvalue weighted by molar-refractivity contribution is 0.144. The van der Waals surface area contributed by atoms with E-state index in [0.717, 1.165) is 37.1 Å². The van der Waals surface area contributed by atoms with Gasteiger partial charge in [-0.15, -0.1) is 0 Å². The van der Waals surface area contributed by atoms with Crippen molar-refractivity contribution in [2.75, 3.05) is 19.8 Å². The van der Waals surface area contributed by atoms with E-state index in [2.05, 4.69) is 29.6 Å². The van der Waals surface area contributed by atoms with Crippen LogP contribution in [0.5, 0.6) is 0 Å². The third-order valence-electron chi connectivity index (χ3n) is 3.28. The Balaban J connectivity index is 2.08. The molecule has 0 saturated heterocycles. The molecule has 0 spiro atoms. The molecule has 2 aromatic rings. The summed E-state index contributed by atoms with van der Waals surface area (Å²) in [5.74, 6) is 0. The predicted molar refractivity (Wildman–Crippen MR) is 81.4 cm³/mol. The molecule has 0 saturated carbocycles. The summed E-state index contributed by atoms with van der Waals surface area (Å²) in [6, 6.07) is 16.3. The Kier molecular flexibility index (Phi) is 5.55. The highest BCUT2D eigenvalue weighted by atomic mass is 16.5. The monoisotopic (exact) mass is 268 g/mol. The van der Waals surface area contributed by atoms with Crippen LogP contribution in [0, 0.1) is 11.3 Å². The zero-order valence-corrected chi connectivity index (χ0v) is 11.8. The molecule has 0 aromatic heterocycles. The molecule has 2 rings (SSSR count). The Morgan fingerprint density at radius 2 is 2.00 bits per heavy atom. The minimum absolute atomic E-state index is 0.275. The van der Waals surface area contributed by atoms with Crippen molar-refractivity contribution in [2.24, 2.45) is 0 Å². The molecular weight excluding hydrogens is 248 g/mol. The Bertz CT molecular complexity index is 584. The number of nitriles is 1. The van der Waals surface area contributed by atoms with E-state index in [-0.39, 0.29) is 6.04 Å². The van der Waals surface area contributed by atoms with Crippen molar-refractivity contribution < 1.29 is 4.74 Å². The zero-order valence-electron chi connectivity index (χ0n) is 11.8.